The molecule has 0 saturated carbocycles. The van der Waals surface area contributed by atoms with Gasteiger partial charge in [-0.05, 0) is 37.1 Å². The summed E-state index contributed by atoms with van der Waals surface area (Å²) in [5, 5.41) is 3.25. The van der Waals surface area contributed by atoms with E-state index in [4.69, 9.17) is 0 Å². The number of rotatable bonds is 1. The van der Waals surface area contributed by atoms with Crippen molar-refractivity contribution in [3.05, 3.63) is 23.8 Å². The monoisotopic (exact) mass is 291 g/mol. The molecule has 0 amide bonds. The number of piperidine rings is 1. The van der Waals surface area contributed by atoms with Crippen LogP contribution in [-0.4, -0.2) is 18.8 Å². The van der Waals surface area contributed by atoms with E-state index in [2.05, 4.69) is 14.8 Å². The number of nitrogens with one attached hydrogen (secondary N) is 1. The van der Waals surface area contributed by atoms with E-state index in [0.717, 1.165) is 31.4 Å². The lowest BCUT2D eigenvalue weighted by Crippen LogP contribution is -2.52. The molecule has 1 aromatic rings. The standard InChI is InChI=1S/C13H13F4NO2/c14-12(15)13(16,17)20-11-7-8(4-5-10(11)19-12)9-3-1-2-6-18-9/h4-5,7,9,18H,1-3,6H2. The number of hydrogen-bond acceptors (Lipinski definition) is 3. The van der Waals surface area contributed by atoms with Gasteiger partial charge in [-0.2, -0.15) is 17.6 Å². The maximum Gasteiger partial charge on any atom is 0.507 e. The fourth-order valence-electron chi connectivity index (χ4n) is 2.44. The molecule has 3 rings (SSSR count). The van der Waals surface area contributed by atoms with E-state index in [0.29, 0.717) is 0 Å². The number of fused-ring (bicyclic) bond motifs is 1. The molecule has 1 fully saturated rings. The molecule has 1 N–H and O–H groups in total. The molecule has 2 aliphatic rings. The van der Waals surface area contributed by atoms with Crippen LogP contribution in [-0.2, 0) is 0 Å². The fraction of sp³-hybridized carbons (Fsp3) is 0.538. The lowest BCUT2D eigenvalue weighted by atomic mass is 9.97. The molecule has 2 heterocycles. The summed E-state index contributed by atoms with van der Waals surface area (Å²) < 4.78 is 60.4. The minimum atomic E-state index is -4.67. The highest BCUT2D eigenvalue weighted by Crippen LogP contribution is 2.47. The van der Waals surface area contributed by atoms with Crippen LogP contribution < -0.4 is 14.8 Å². The van der Waals surface area contributed by atoms with Gasteiger partial charge in [0.05, 0.1) is 0 Å². The van der Waals surface area contributed by atoms with E-state index in [-0.39, 0.29) is 17.5 Å². The van der Waals surface area contributed by atoms with Crippen LogP contribution in [0.2, 0.25) is 0 Å². The van der Waals surface area contributed by atoms with Crippen molar-refractivity contribution in [3.8, 4) is 11.5 Å². The zero-order chi connectivity index (χ0) is 14.4. The van der Waals surface area contributed by atoms with Crippen LogP contribution in [0.15, 0.2) is 18.2 Å². The second-order valence-corrected chi connectivity index (χ2v) is 4.95. The van der Waals surface area contributed by atoms with Crippen molar-refractivity contribution in [1.29, 1.82) is 0 Å². The van der Waals surface area contributed by atoms with Crippen molar-refractivity contribution in [2.45, 2.75) is 37.5 Å². The second kappa shape index (κ2) is 4.51. The summed E-state index contributed by atoms with van der Waals surface area (Å²) in [5.74, 6) is -0.730. The molecule has 3 nitrogen and oxygen atoms in total. The zero-order valence-corrected chi connectivity index (χ0v) is 10.5. The fourth-order valence-corrected chi connectivity index (χ4v) is 2.44. The van der Waals surface area contributed by atoms with Gasteiger partial charge in [0.2, 0.25) is 0 Å². The highest BCUT2D eigenvalue weighted by atomic mass is 19.3. The molecule has 2 aliphatic heterocycles. The Hall–Kier alpha value is -1.50. The molecule has 1 aromatic carbocycles. The van der Waals surface area contributed by atoms with Gasteiger partial charge in [0, 0.05) is 6.04 Å². The van der Waals surface area contributed by atoms with Gasteiger partial charge in [-0.1, -0.05) is 12.5 Å². The Bertz CT molecular complexity index is 515. The number of benzene rings is 1. The lowest BCUT2D eigenvalue weighted by molar-refractivity contribution is -0.391. The van der Waals surface area contributed by atoms with Crippen molar-refractivity contribution in [3.63, 3.8) is 0 Å². The van der Waals surface area contributed by atoms with Gasteiger partial charge in [-0.15, -0.1) is 0 Å². The van der Waals surface area contributed by atoms with Gasteiger partial charge in [-0.25, -0.2) is 0 Å². The van der Waals surface area contributed by atoms with E-state index in [1.807, 2.05) is 0 Å². The van der Waals surface area contributed by atoms with Crippen LogP contribution in [0.5, 0.6) is 11.5 Å². The summed E-state index contributed by atoms with van der Waals surface area (Å²) in [6.07, 6.45) is -6.37. The van der Waals surface area contributed by atoms with E-state index >= 15 is 0 Å². The van der Waals surface area contributed by atoms with Crippen LogP contribution in [0, 0.1) is 0 Å². The van der Waals surface area contributed by atoms with Crippen LogP contribution in [0.3, 0.4) is 0 Å². The van der Waals surface area contributed by atoms with Gasteiger partial charge >= 0.3 is 12.2 Å². The Balaban J connectivity index is 1.90. The van der Waals surface area contributed by atoms with Crippen molar-refractivity contribution < 1.29 is 27.0 Å². The third-order valence-corrected chi connectivity index (χ3v) is 3.50. The highest BCUT2D eigenvalue weighted by Gasteiger charge is 2.65. The lowest BCUT2D eigenvalue weighted by Gasteiger charge is -2.32. The van der Waals surface area contributed by atoms with Gasteiger partial charge in [0.25, 0.3) is 0 Å². The molecule has 0 bridgehead atoms. The molecule has 1 atom stereocenters. The average Bonchev–Trinajstić information content (AvgIpc) is 2.40. The third-order valence-electron chi connectivity index (χ3n) is 3.50. The Labute approximate surface area is 112 Å². The number of alkyl halides is 4. The van der Waals surface area contributed by atoms with Crippen molar-refractivity contribution >= 4 is 0 Å². The predicted molar refractivity (Wildman–Crippen MR) is 62.2 cm³/mol. The molecule has 0 aliphatic carbocycles. The van der Waals surface area contributed by atoms with E-state index in [1.165, 1.54) is 12.1 Å². The quantitative estimate of drug-likeness (QED) is 0.804. The molecule has 0 radical (unpaired) electrons. The summed E-state index contributed by atoms with van der Waals surface area (Å²) >= 11 is 0. The van der Waals surface area contributed by atoms with Crippen LogP contribution in [0.25, 0.3) is 0 Å². The zero-order valence-electron chi connectivity index (χ0n) is 10.5. The Morgan fingerprint density at radius 1 is 1.00 bits per heavy atom. The maximum absolute atomic E-state index is 13.1. The molecular formula is C13H13F4NO2. The maximum atomic E-state index is 13.1. The van der Waals surface area contributed by atoms with Crippen molar-refractivity contribution in [2.24, 2.45) is 0 Å². The molecular weight excluding hydrogens is 278 g/mol. The normalized spacial score (nSPS) is 27.1. The van der Waals surface area contributed by atoms with E-state index in [9.17, 15) is 17.6 Å². The third kappa shape index (κ3) is 2.19. The SMILES string of the molecule is FC1(F)Oc2ccc(C3CCCCN3)cc2OC1(F)F. The van der Waals surface area contributed by atoms with Gasteiger partial charge in [-0.3, -0.25) is 0 Å². The van der Waals surface area contributed by atoms with E-state index < -0.39 is 12.2 Å². The van der Waals surface area contributed by atoms with E-state index in [1.54, 1.807) is 6.07 Å². The average molecular weight is 291 g/mol. The smallest absolute Gasteiger partial charge is 0.421 e. The van der Waals surface area contributed by atoms with Gasteiger partial charge in [0.1, 0.15) is 0 Å². The first-order chi connectivity index (χ1) is 9.39. The van der Waals surface area contributed by atoms with Crippen LogP contribution in [0.4, 0.5) is 17.6 Å². The summed E-state index contributed by atoms with van der Waals surface area (Å²) in [7, 11) is 0. The molecule has 20 heavy (non-hydrogen) atoms. The molecule has 1 saturated heterocycles. The minimum Gasteiger partial charge on any atom is -0.421 e. The minimum absolute atomic E-state index is 0.0220. The largest absolute Gasteiger partial charge is 0.507 e. The summed E-state index contributed by atoms with van der Waals surface area (Å²) in [4.78, 5) is 0. The van der Waals surface area contributed by atoms with Crippen molar-refractivity contribution in [2.75, 3.05) is 6.54 Å². The first-order valence-corrected chi connectivity index (χ1v) is 6.40. The molecule has 110 valence electrons. The Kier molecular flexibility index (Phi) is 3.04. The first-order valence-electron chi connectivity index (χ1n) is 6.40. The summed E-state index contributed by atoms with van der Waals surface area (Å²) in [5.41, 5.74) is 0.730. The molecule has 7 heteroatoms. The summed E-state index contributed by atoms with van der Waals surface area (Å²) in [6, 6.07) is 4.18. The highest BCUT2D eigenvalue weighted by molar-refractivity contribution is 5.45. The summed E-state index contributed by atoms with van der Waals surface area (Å²) in [6.45, 7) is 0.841. The Morgan fingerprint density at radius 3 is 2.35 bits per heavy atom. The first kappa shape index (κ1) is 13.5. The predicted octanol–water partition coefficient (Wildman–Crippen LogP) is 3.46. The van der Waals surface area contributed by atoms with Gasteiger partial charge < -0.3 is 14.8 Å². The second-order valence-electron chi connectivity index (χ2n) is 4.95. The van der Waals surface area contributed by atoms with Crippen LogP contribution in [0.1, 0.15) is 30.9 Å². The number of hydrogen-bond donors (Lipinski definition) is 1. The topological polar surface area (TPSA) is 30.5 Å². The Morgan fingerprint density at radius 2 is 1.70 bits per heavy atom. The molecule has 1 unspecified atom stereocenters. The number of halogens is 4. The molecule has 0 spiro atoms. The van der Waals surface area contributed by atoms with Crippen molar-refractivity contribution in [1.82, 2.24) is 5.32 Å². The number of ether oxygens (including phenoxy) is 2. The molecule has 0 aromatic heterocycles. The van der Waals surface area contributed by atoms with Crippen LogP contribution >= 0.6 is 0 Å². The van der Waals surface area contributed by atoms with Gasteiger partial charge in [0.15, 0.2) is 11.5 Å².